The van der Waals surface area contributed by atoms with E-state index in [0.29, 0.717) is 10.6 Å². The lowest BCUT2D eigenvalue weighted by Crippen LogP contribution is -2.05. The average Bonchev–Trinajstić information content (AvgIpc) is 2.07. The molecule has 0 aliphatic carbocycles. The van der Waals surface area contributed by atoms with E-state index >= 15 is 0 Å². The first kappa shape index (κ1) is 11.1. The summed E-state index contributed by atoms with van der Waals surface area (Å²) in [6.07, 6.45) is -1.37. The molecule has 0 saturated heterocycles. The molecule has 0 aliphatic heterocycles. The van der Waals surface area contributed by atoms with Gasteiger partial charge >= 0.3 is 6.16 Å². The van der Waals surface area contributed by atoms with Gasteiger partial charge in [0, 0.05) is 10.6 Å². The molecule has 0 aromatic heterocycles. The summed E-state index contributed by atoms with van der Waals surface area (Å²) in [6.45, 7) is 1.71. The van der Waals surface area contributed by atoms with Crippen molar-refractivity contribution in [2.45, 2.75) is 12.3 Å². The molecule has 1 aromatic rings. The number of carbonyl (C=O) groups is 1. The number of halogens is 2. The molecule has 0 fully saturated rings. The number of hydrogen-bond donors (Lipinski definition) is 1. The Hall–Kier alpha value is -0.930. The summed E-state index contributed by atoms with van der Waals surface area (Å²) < 4.78 is 4.54. The summed E-state index contributed by atoms with van der Waals surface area (Å²) in [5.41, 5.74) is 0.557. The third-order valence-corrected chi connectivity index (χ3v) is 2.07. The Morgan fingerprint density at radius 2 is 2.21 bits per heavy atom. The average molecular weight is 235 g/mol. The van der Waals surface area contributed by atoms with Crippen LogP contribution in [0.4, 0.5) is 4.79 Å². The van der Waals surface area contributed by atoms with Gasteiger partial charge in [0.1, 0.15) is 5.75 Å². The van der Waals surface area contributed by atoms with Gasteiger partial charge in [-0.2, -0.15) is 0 Å². The minimum absolute atomic E-state index is 0.212. The fourth-order valence-electron chi connectivity index (χ4n) is 1.02. The van der Waals surface area contributed by atoms with Crippen LogP contribution >= 0.6 is 23.2 Å². The maximum absolute atomic E-state index is 10.3. The van der Waals surface area contributed by atoms with Crippen LogP contribution in [0, 0.1) is 0 Å². The summed E-state index contributed by atoms with van der Waals surface area (Å²) in [5.74, 6) is 0.212. The summed E-state index contributed by atoms with van der Waals surface area (Å²) >= 11 is 11.6. The molecule has 0 radical (unpaired) electrons. The maximum atomic E-state index is 10.3. The Labute approximate surface area is 91.2 Å². The lowest BCUT2D eigenvalue weighted by Gasteiger charge is -2.09. The maximum Gasteiger partial charge on any atom is 0.511 e. The van der Waals surface area contributed by atoms with Crippen LogP contribution in [0.15, 0.2) is 18.2 Å². The molecule has 1 atom stereocenters. The van der Waals surface area contributed by atoms with Gasteiger partial charge in [0.05, 0.1) is 5.38 Å². The molecular formula is C9H8Cl2O3. The van der Waals surface area contributed by atoms with Gasteiger partial charge in [0.15, 0.2) is 0 Å². The third-order valence-electron chi connectivity index (χ3n) is 1.60. The fourth-order valence-corrected chi connectivity index (χ4v) is 1.37. The molecule has 0 amide bonds. The predicted molar refractivity (Wildman–Crippen MR) is 54.4 cm³/mol. The molecule has 0 saturated carbocycles. The van der Waals surface area contributed by atoms with Gasteiger partial charge in [-0.1, -0.05) is 11.6 Å². The van der Waals surface area contributed by atoms with Crippen LogP contribution in [-0.4, -0.2) is 11.3 Å². The molecule has 0 aliphatic rings. The molecule has 1 N–H and O–H groups in total. The molecule has 76 valence electrons. The molecule has 0 bridgehead atoms. The zero-order chi connectivity index (χ0) is 10.7. The number of ether oxygens (including phenoxy) is 1. The fraction of sp³-hybridized carbons (Fsp3) is 0.222. The minimum atomic E-state index is -1.37. The van der Waals surface area contributed by atoms with E-state index in [1.165, 1.54) is 6.07 Å². The normalized spacial score (nSPS) is 12.2. The van der Waals surface area contributed by atoms with Crippen molar-refractivity contribution in [2.24, 2.45) is 0 Å². The van der Waals surface area contributed by atoms with Crippen LogP contribution < -0.4 is 4.74 Å². The van der Waals surface area contributed by atoms with E-state index < -0.39 is 6.16 Å². The molecule has 0 heterocycles. The van der Waals surface area contributed by atoms with E-state index in [1.54, 1.807) is 19.1 Å². The molecule has 14 heavy (non-hydrogen) atoms. The zero-order valence-electron chi connectivity index (χ0n) is 7.33. The lowest BCUT2D eigenvalue weighted by atomic mass is 10.1. The van der Waals surface area contributed by atoms with Crippen molar-refractivity contribution in [1.82, 2.24) is 0 Å². The first-order valence-electron chi connectivity index (χ1n) is 3.85. The molecule has 1 unspecified atom stereocenters. The highest BCUT2D eigenvalue weighted by molar-refractivity contribution is 6.30. The Morgan fingerprint density at radius 3 is 2.71 bits per heavy atom. The van der Waals surface area contributed by atoms with Crippen LogP contribution in [0.5, 0.6) is 5.75 Å². The van der Waals surface area contributed by atoms with Crippen LogP contribution in [0.3, 0.4) is 0 Å². The first-order valence-corrected chi connectivity index (χ1v) is 4.66. The van der Waals surface area contributed by atoms with Gasteiger partial charge in [-0.3, -0.25) is 0 Å². The van der Waals surface area contributed by atoms with Crippen LogP contribution in [0.2, 0.25) is 5.02 Å². The minimum Gasteiger partial charge on any atom is -0.449 e. The van der Waals surface area contributed by atoms with Crippen LogP contribution in [0.25, 0.3) is 0 Å². The second-order valence-corrected chi connectivity index (χ2v) is 3.76. The van der Waals surface area contributed by atoms with Gasteiger partial charge in [-0.05, 0) is 25.1 Å². The second-order valence-electron chi connectivity index (χ2n) is 2.67. The van der Waals surface area contributed by atoms with Gasteiger partial charge in [-0.25, -0.2) is 4.79 Å². The second kappa shape index (κ2) is 4.53. The smallest absolute Gasteiger partial charge is 0.449 e. The SMILES string of the molecule is CC(Cl)c1cc(Cl)ccc1OC(=O)O. The van der Waals surface area contributed by atoms with E-state index in [4.69, 9.17) is 28.3 Å². The number of hydrogen-bond acceptors (Lipinski definition) is 2. The lowest BCUT2D eigenvalue weighted by molar-refractivity contribution is 0.144. The number of carboxylic acid groups (broad SMARTS) is 1. The van der Waals surface area contributed by atoms with Crippen molar-refractivity contribution >= 4 is 29.4 Å². The van der Waals surface area contributed by atoms with E-state index in [1.807, 2.05) is 0 Å². The zero-order valence-corrected chi connectivity index (χ0v) is 8.84. The van der Waals surface area contributed by atoms with E-state index in [9.17, 15) is 4.79 Å². The van der Waals surface area contributed by atoms with E-state index in [2.05, 4.69) is 4.74 Å². The molecular weight excluding hydrogens is 227 g/mol. The van der Waals surface area contributed by atoms with E-state index in [-0.39, 0.29) is 11.1 Å². The monoisotopic (exact) mass is 234 g/mol. The molecule has 1 aromatic carbocycles. The standard InChI is InChI=1S/C9H8Cl2O3/c1-5(10)7-4-6(11)2-3-8(7)14-9(12)13/h2-5H,1H3,(H,12,13). The van der Waals surface area contributed by atoms with Crippen LogP contribution in [-0.2, 0) is 0 Å². The topological polar surface area (TPSA) is 46.5 Å². The molecule has 5 heteroatoms. The Kier molecular flexibility index (Phi) is 3.61. The largest absolute Gasteiger partial charge is 0.511 e. The number of benzene rings is 1. The highest BCUT2D eigenvalue weighted by atomic mass is 35.5. The Bertz CT molecular complexity index is 350. The molecule has 3 nitrogen and oxygen atoms in total. The number of rotatable bonds is 2. The molecule has 0 spiro atoms. The van der Waals surface area contributed by atoms with Crippen LogP contribution in [0.1, 0.15) is 17.9 Å². The summed E-state index contributed by atoms with van der Waals surface area (Å²) in [7, 11) is 0. The summed E-state index contributed by atoms with van der Waals surface area (Å²) in [5, 5.41) is 8.58. The predicted octanol–water partition coefficient (Wildman–Crippen LogP) is 3.70. The van der Waals surface area contributed by atoms with Gasteiger partial charge in [0.25, 0.3) is 0 Å². The summed E-state index contributed by atoms with van der Waals surface area (Å²) in [4.78, 5) is 10.3. The Balaban J connectivity index is 3.08. The van der Waals surface area contributed by atoms with Crippen molar-refractivity contribution in [2.75, 3.05) is 0 Å². The number of alkyl halides is 1. The van der Waals surface area contributed by atoms with Crippen molar-refractivity contribution in [1.29, 1.82) is 0 Å². The first-order chi connectivity index (χ1) is 6.50. The van der Waals surface area contributed by atoms with Gasteiger partial charge in [0.2, 0.25) is 0 Å². The van der Waals surface area contributed by atoms with Crippen molar-refractivity contribution in [3.8, 4) is 5.75 Å². The van der Waals surface area contributed by atoms with Gasteiger partial charge in [-0.15, -0.1) is 11.6 Å². The highest BCUT2D eigenvalue weighted by Crippen LogP contribution is 2.31. The summed E-state index contributed by atoms with van der Waals surface area (Å²) in [6, 6.07) is 4.60. The Morgan fingerprint density at radius 1 is 1.57 bits per heavy atom. The van der Waals surface area contributed by atoms with Crippen molar-refractivity contribution < 1.29 is 14.6 Å². The van der Waals surface area contributed by atoms with E-state index in [0.717, 1.165) is 0 Å². The highest BCUT2D eigenvalue weighted by Gasteiger charge is 2.12. The van der Waals surface area contributed by atoms with Crippen molar-refractivity contribution in [3.63, 3.8) is 0 Å². The molecule has 1 rings (SSSR count). The van der Waals surface area contributed by atoms with Gasteiger partial charge < -0.3 is 9.84 Å². The quantitative estimate of drug-likeness (QED) is 0.483. The van der Waals surface area contributed by atoms with Crippen molar-refractivity contribution in [3.05, 3.63) is 28.8 Å². The third kappa shape index (κ3) is 2.79.